The lowest BCUT2D eigenvalue weighted by atomic mass is 9.81. The van der Waals surface area contributed by atoms with Crippen LogP contribution in [-0.2, 0) is 14.3 Å². The summed E-state index contributed by atoms with van der Waals surface area (Å²) in [6.07, 6.45) is 5.64. The van der Waals surface area contributed by atoms with Crippen LogP contribution in [-0.4, -0.2) is 25.6 Å². The maximum absolute atomic E-state index is 13.2. The van der Waals surface area contributed by atoms with Gasteiger partial charge in [0.1, 0.15) is 19.6 Å². The summed E-state index contributed by atoms with van der Waals surface area (Å²) in [6.45, 7) is 9.95. The van der Waals surface area contributed by atoms with Crippen molar-refractivity contribution in [2.75, 3.05) is 0 Å². The zero-order chi connectivity index (χ0) is 16.8. The maximum Gasteiger partial charge on any atom is 0.302 e. The number of hydrogen-bond acceptors (Lipinski definition) is 3. The summed E-state index contributed by atoms with van der Waals surface area (Å²) in [5.74, 6) is -0.0145. The number of carbonyl (C=O) groups excluding carboxylic acids is 2. The molecule has 0 saturated heterocycles. The lowest BCUT2D eigenvalue weighted by Crippen LogP contribution is -2.50. The molecule has 128 valence electrons. The second-order valence-corrected chi connectivity index (χ2v) is 12.1. The van der Waals surface area contributed by atoms with Gasteiger partial charge in [-0.3, -0.25) is 4.79 Å². The molecule has 1 aliphatic rings. The van der Waals surface area contributed by atoms with Crippen LogP contribution in [0.2, 0.25) is 18.1 Å². The molecule has 22 heavy (non-hydrogen) atoms. The fourth-order valence-corrected chi connectivity index (χ4v) is 7.84. The zero-order valence-corrected chi connectivity index (χ0v) is 16.1. The van der Waals surface area contributed by atoms with Crippen LogP contribution in [0.4, 0.5) is 0 Å². The summed E-state index contributed by atoms with van der Waals surface area (Å²) in [5.41, 5.74) is 0. The lowest BCUT2D eigenvalue weighted by molar-refractivity contribution is -0.154. The van der Waals surface area contributed by atoms with Crippen molar-refractivity contribution in [3.8, 4) is 0 Å². The summed E-state index contributed by atoms with van der Waals surface area (Å²) in [6, 6.07) is 3.00. The van der Waals surface area contributed by atoms with E-state index in [0.717, 1.165) is 31.0 Å². The van der Waals surface area contributed by atoms with Crippen LogP contribution < -0.4 is 0 Å². The largest absolute Gasteiger partial charge is 0.462 e. The average Bonchev–Trinajstić information content (AvgIpc) is 2.54. The van der Waals surface area contributed by atoms with Crippen LogP contribution in [0.5, 0.6) is 0 Å². The van der Waals surface area contributed by atoms with Gasteiger partial charge in [-0.1, -0.05) is 65.1 Å². The summed E-state index contributed by atoms with van der Waals surface area (Å²) >= 11 is 0. The van der Waals surface area contributed by atoms with Gasteiger partial charge >= 0.3 is 5.97 Å². The SMILES string of the molecule is CC[Si](CC)(CC)C(=O)C(C)C(OC(C)=O)C1CCCCC1. The zero-order valence-electron chi connectivity index (χ0n) is 15.1. The van der Waals surface area contributed by atoms with Crippen molar-refractivity contribution in [2.24, 2.45) is 11.8 Å². The normalized spacial score (nSPS) is 19.5. The highest BCUT2D eigenvalue weighted by atomic mass is 28.3. The molecule has 0 aromatic heterocycles. The number of hydrogen-bond donors (Lipinski definition) is 0. The lowest BCUT2D eigenvalue weighted by Gasteiger charge is -2.37. The van der Waals surface area contributed by atoms with Gasteiger partial charge in [-0.05, 0) is 18.8 Å². The van der Waals surface area contributed by atoms with Gasteiger partial charge in [0.25, 0.3) is 0 Å². The summed E-state index contributed by atoms with van der Waals surface area (Å²) in [7, 11) is -1.89. The topological polar surface area (TPSA) is 43.4 Å². The van der Waals surface area contributed by atoms with Crippen molar-refractivity contribution in [1.29, 1.82) is 0 Å². The Balaban J connectivity index is 2.96. The van der Waals surface area contributed by atoms with Gasteiger partial charge in [0.05, 0.1) is 0 Å². The van der Waals surface area contributed by atoms with Crippen LogP contribution in [0, 0.1) is 11.8 Å². The molecule has 0 heterocycles. The van der Waals surface area contributed by atoms with Crippen LogP contribution >= 0.6 is 0 Å². The van der Waals surface area contributed by atoms with Crippen LogP contribution in [0.25, 0.3) is 0 Å². The molecular weight excluding hydrogens is 292 g/mol. The van der Waals surface area contributed by atoms with Gasteiger partial charge in [-0.15, -0.1) is 0 Å². The van der Waals surface area contributed by atoms with Crippen molar-refractivity contribution in [3.63, 3.8) is 0 Å². The first-order valence-corrected chi connectivity index (χ1v) is 11.8. The molecule has 0 amide bonds. The molecular formula is C18H34O3Si. The molecule has 1 saturated carbocycles. The van der Waals surface area contributed by atoms with E-state index in [1.54, 1.807) is 0 Å². The van der Waals surface area contributed by atoms with Gasteiger partial charge in [-0.2, -0.15) is 0 Å². The van der Waals surface area contributed by atoms with Crippen molar-refractivity contribution < 1.29 is 14.3 Å². The molecule has 0 bridgehead atoms. The fourth-order valence-electron chi connectivity index (χ4n) is 4.17. The van der Waals surface area contributed by atoms with E-state index >= 15 is 0 Å². The number of ether oxygens (including phenoxy) is 1. The first kappa shape index (κ1) is 19.4. The third kappa shape index (κ3) is 4.43. The highest BCUT2D eigenvalue weighted by Crippen LogP contribution is 2.35. The van der Waals surface area contributed by atoms with Gasteiger partial charge in [0.2, 0.25) is 0 Å². The Kier molecular flexibility index (Phi) is 7.81. The highest BCUT2D eigenvalue weighted by Gasteiger charge is 2.43. The predicted molar refractivity (Wildman–Crippen MR) is 93.5 cm³/mol. The van der Waals surface area contributed by atoms with Crippen LogP contribution in [0.3, 0.4) is 0 Å². The first-order valence-electron chi connectivity index (χ1n) is 9.13. The Labute approximate surface area is 137 Å². The standard InChI is InChI=1S/C18H34O3Si/c1-6-22(7-2,8-3)18(20)14(4)17(21-15(5)19)16-12-10-9-11-13-16/h14,16-17H,6-13H2,1-5H3. The molecule has 1 rings (SSSR count). The Morgan fingerprint density at radius 1 is 1.05 bits per heavy atom. The summed E-state index contributed by atoms with van der Waals surface area (Å²) in [5, 5.41) is 0.428. The Morgan fingerprint density at radius 2 is 1.55 bits per heavy atom. The Hall–Kier alpha value is -0.643. The molecule has 3 nitrogen and oxygen atoms in total. The minimum atomic E-state index is -1.89. The minimum absolute atomic E-state index is 0.140. The van der Waals surface area contributed by atoms with Gasteiger partial charge < -0.3 is 9.53 Å². The molecule has 0 aromatic rings. The average molecular weight is 327 g/mol. The predicted octanol–water partition coefficient (Wildman–Crippen LogP) is 4.75. The number of carbonyl (C=O) groups is 2. The van der Waals surface area contributed by atoms with Crippen LogP contribution in [0.15, 0.2) is 0 Å². The van der Waals surface area contributed by atoms with Gasteiger partial charge in [0.15, 0.2) is 0 Å². The van der Waals surface area contributed by atoms with E-state index < -0.39 is 8.07 Å². The number of rotatable bonds is 8. The molecule has 0 aliphatic heterocycles. The van der Waals surface area contributed by atoms with E-state index in [9.17, 15) is 9.59 Å². The first-order chi connectivity index (χ1) is 10.4. The van der Waals surface area contributed by atoms with Gasteiger partial charge in [-0.25, -0.2) is 0 Å². The van der Waals surface area contributed by atoms with E-state index in [4.69, 9.17) is 4.74 Å². The van der Waals surface area contributed by atoms with E-state index in [2.05, 4.69) is 20.8 Å². The smallest absolute Gasteiger partial charge is 0.302 e. The molecule has 0 N–H and O–H groups in total. The molecule has 0 radical (unpaired) electrons. The van der Waals surface area contributed by atoms with Gasteiger partial charge in [0, 0.05) is 12.8 Å². The second-order valence-electron chi connectivity index (χ2n) is 6.97. The third-order valence-corrected chi connectivity index (χ3v) is 11.4. The molecule has 1 fully saturated rings. The van der Waals surface area contributed by atoms with E-state index in [1.807, 2.05) is 6.92 Å². The molecule has 0 spiro atoms. The van der Waals surface area contributed by atoms with E-state index in [-0.39, 0.29) is 18.0 Å². The molecule has 1 aliphatic carbocycles. The van der Waals surface area contributed by atoms with Crippen LogP contribution in [0.1, 0.15) is 66.7 Å². The molecule has 4 heteroatoms. The molecule has 0 aromatic carbocycles. The van der Waals surface area contributed by atoms with Crippen molar-refractivity contribution in [3.05, 3.63) is 0 Å². The van der Waals surface area contributed by atoms with E-state index in [1.165, 1.54) is 26.2 Å². The maximum atomic E-state index is 13.2. The van der Waals surface area contributed by atoms with Crippen molar-refractivity contribution >= 4 is 19.4 Å². The quantitative estimate of drug-likeness (QED) is 0.477. The fraction of sp³-hybridized carbons (Fsp3) is 0.889. The summed E-state index contributed by atoms with van der Waals surface area (Å²) < 4.78 is 5.66. The number of esters is 1. The monoisotopic (exact) mass is 326 g/mol. The minimum Gasteiger partial charge on any atom is -0.462 e. The molecule has 2 atom stereocenters. The summed E-state index contributed by atoms with van der Waals surface area (Å²) in [4.78, 5) is 24.8. The Bertz CT molecular complexity index is 362. The highest BCUT2D eigenvalue weighted by molar-refractivity contribution is 7.06. The second kappa shape index (κ2) is 8.85. The molecule has 2 unspecified atom stereocenters. The third-order valence-electron chi connectivity index (χ3n) is 5.88. The van der Waals surface area contributed by atoms with E-state index in [0.29, 0.717) is 11.3 Å². The van der Waals surface area contributed by atoms with Crippen molar-refractivity contribution in [2.45, 2.75) is 91.0 Å². The Morgan fingerprint density at radius 3 is 1.95 bits per heavy atom. The van der Waals surface area contributed by atoms with Crippen molar-refractivity contribution in [1.82, 2.24) is 0 Å².